The smallest absolute Gasteiger partial charge is 0.410 e. The lowest BCUT2D eigenvalue weighted by Gasteiger charge is -2.41. The van der Waals surface area contributed by atoms with Crippen LogP contribution in [0.1, 0.15) is 48.4 Å². The van der Waals surface area contributed by atoms with E-state index in [4.69, 9.17) is 32.7 Å². The monoisotopic (exact) mass is 543 g/mol. The third kappa shape index (κ3) is 6.94. The van der Waals surface area contributed by atoms with E-state index < -0.39 is 0 Å². The van der Waals surface area contributed by atoms with Crippen LogP contribution in [-0.4, -0.2) is 63.5 Å². The van der Waals surface area contributed by atoms with Gasteiger partial charge in [0.2, 0.25) is 0 Å². The Kier molecular flexibility index (Phi) is 8.48. The molecule has 37 heavy (non-hydrogen) atoms. The second kappa shape index (κ2) is 12.2. The summed E-state index contributed by atoms with van der Waals surface area (Å²) in [5.41, 5.74) is 2.97. The van der Waals surface area contributed by atoms with Gasteiger partial charge in [0.05, 0.1) is 11.9 Å². The van der Waals surface area contributed by atoms with Gasteiger partial charge in [0, 0.05) is 29.2 Å². The van der Waals surface area contributed by atoms with Crippen LogP contribution >= 0.6 is 23.2 Å². The molecule has 5 rings (SSSR count). The molecule has 10 heteroatoms. The summed E-state index contributed by atoms with van der Waals surface area (Å²) in [4.78, 5) is 17.0. The molecule has 1 aromatic heterocycles. The molecule has 0 bridgehead atoms. The van der Waals surface area contributed by atoms with Gasteiger partial charge in [-0.25, -0.2) is 4.79 Å². The first-order valence-corrected chi connectivity index (χ1v) is 13.5. The van der Waals surface area contributed by atoms with Gasteiger partial charge in [-0.15, -0.1) is 5.10 Å². The third-order valence-corrected chi connectivity index (χ3v) is 7.68. The fourth-order valence-corrected chi connectivity index (χ4v) is 5.82. The summed E-state index contributed by atoms with van der Waals surface area (Å²) >= 11 is 12.1. The van der Waals surface area contributed by atoms with Crippen LogP contribution in [0.15, 0.2) is 48.7 Å². The lowest BCUT2D eigenvalue weighted by atomic mass is 9.88. The molecule has 2 aliphatic rings. The van der Waals surface area contributed by atoms with Crippen LogP contribution in [0.5, 0.6) is 5.75 Å². The molecule has 8 nitrogen and oxygen atoms in total. The quantitative estimate of drug-likeness (QED) is 0.413. The number of aromatic nitrogens is 3. The topological polar surface area (TPSA) is 83.6 Å². The number of amides is 1. The van der Waals surface area contributed by atoms with Crippen molar-refractivity contribution in [3.63, 3.8) is 0 Å². The molecule has 196 valence electrons. The van der Waals surface area contributed by atoms with Crippen LogP contribution in [-0.2, 0) is 18.0 Å². The van der Waals surface area contributed by atoms with Crippen LogP contribution in [0.25, 0.3) is 0 Å². The average Bonchev–Trinajstić information content (AvgIpc) is 3.44. The fourth-order valence-electron chi connectivity index (χ4n) is 5.25. The van der Waals surface area contributed by atoms with E-state index in [9.17, 15) is 4.79 Å². The number of nitrogens with zero attached hydrogens (tertiary/aromatic N) is 4. The first-order chi connectivity index (χ1) is 18.0. The van der Waals surface area contributed by atoms with Crippen molar-refractivity contribution >= 4 is 29.3 Å². The Morgan fingerprint density at radius 3 is 2.43 bits per heavy atom. The molecule has 2 aliphatic heterocycles. The normalized spacial score (nSPS) is 17.6. The number of aromatic amines is 1. The number of carbonyl (C=O) groups excluding carboxylic acids is 1. The SMILES string of the molecule is O=C(OCc1cc(Cl)cc(Cl)c1)N1CCC(N2CCC(c3cccc(OCc4cnn[nH]4)c3)CC2)CC1. The molecular formula is C27H31Cl2N5O3. The predicted octanol–water partition coefficient (Wildman–Crippen LogP) is 5.67. The van der Waals surface area contributed by atoms with Crippen molar-refractivity contribution < 1.29 is 14.3 Å². The zero-order chi connectivity index (χ0) is 25.6. The van der Waals surface area contributed by atoms with Gasteiger partial charge >= 0.3 is 6.09 Å². The van der Waals surface area contributed by atoms with Crippen molar-refractivity contribution in [2.24, 2.45) is 0 Å². The minimum Gasteiger partial charge on any atom is -0.487 e. The molecular weight excluding hydrogens is 513 g/mol. The maximum Gasteiger partial charge on any atom is 0.410 e. The largest absolute Gasteiger partial charge is 0.487 e. The summed E-state index contributed by atoms with van der Waals surface area (Å²) in [6, 6.07) is 14.1. The van der Waals surface area contributed by atoms with E-state index in [1.165, 1.54) is 5.56 Å². The van der Waals surface area contributed by atoms with Crippen molar-refractivity contribution in [2.75, 3.05) is 26.2 Å². The number of hydrogen-bond donors (Lipinski definition) is 1. The van der Waals surface area contributed by atoms with E-state index in [-0.39, 0.29) is 12.7 Å². The number of piperidine rings is 2. The number of hydrogen-bond acceptors (Lipinski definition) is 6. The summed E-state index contributed by atoms with van der Waals surface area (Å²) in [7, 11) is 0. The molecule has 1 N–H and O–H groups in total. The molecule has 2 saturated heterocycles. The lowest BCUT2D eigenvalue weighted by Crippen LogP contribution is -2.48. The maximum absolute atomic E-state index is 12.6. The van der Waals surface area contributed by atoms with E-state index in [1.807, 2.05) is 6.07 Å². The highest BCUT2D eigenvalue weighted by atomic mass is 35.5. The second-order valence-electron chi connectivity index (χ2n) is 9.70. The molecule has 1 amide bonds. The number of carbonyl (C=O) groups is 1. The van der Waals surface area contributed by atoms with Crippen LogP contribution in [0.4, 0.5) is 4.79 Å². The van der Waals surface area contributed by atoms with Crippen LogP contribution in [0, 0.1) is 0 Å². The summed E-state index contributed by atoms with van der Waals surface area (Å²) in [5.74, 6) is 1.40. The van der Waals surface area contributed by atoms with Gasteiger partial charge in [0.25, 0.3) is 0 Å². The molecule has 2 fully saturated rings. The number of nitrogens with one attached hydrogen (secondary N) is 1. The van der Waals surface area contributed by atoms with Crippen LogP contribution in [0.3, 0.4) is 0 Å². The van der Waals surface area contributed by atoms with E-state index in [0.29, 0.717) is 41.7 Å². The summed E-state index contributed by atoms with van der Waals surface area (Å²) in [6.07, 6.45) is 5.57. The van der Waals surface area contributed by atoms with Gasteiger partial charge in [-0.2, -0.15) is 0 Å². The van der Waals surface area contributed by atoms with Crippen LogP contribution < -0.4 is 4.74 Å². The minimum atomic E-state index is -0.279. The van der Waals surface area contributed by atoms with E-state index >= 15 is 0 Å². The molecule has 0 unspecified atom stereocenters. The summed E-state index contributed by atoms with van der Waals surface area (Å²) in [6.45, 7) is 4.16. The molecule has 0 aliphatic carbocycles. The van der Waals surface area contributed by atoms with Crippen LogP contribution in [0.2, 0.25) is 10.0 Å². The van der Waals surface area contributed by atoms with Gasteiger partial charge in [-0.1, -0.05) is 40.5 Å². The third-order valence-electron chi connectivity index (χ3n) is 7.24. The van der Waals surface area contributed by atoms with Crippen molar-refractivity contribution in [1.82, 2.24) is 25.2 Å². The molecule has 0 atom stereocenters. The summed E-state index contributed by atoms with van der Waals surface area (Å²) in [5, 5.41) is 11.4. The van der Waals surface area contributed by atoms with E-state index in [0.717, 1.165) is 55.8 Å². The summed E-state index contributed by atoms with van der Waals surface area (Å²) < 4.78 is 11.4. The Hall–Kier alpha value is -2.81. The van der Waals surface area contributed by atoms with Gasteiger partial charge in [0.15, 0.2) is 0 Å². The highest BCUT2D eigenvalue weighted by Crippen LogP contribution is 2.32. The predicted molar refractivity (Wildman–Crippen MR) is 142 cm³/mol. The van der Waals surface area contributed by atoms with Gasteiger partial charge in [0.1, 0.15) is 19.0 Å². The van der Waals surface area contributed by atoms with Gasteiger partial charge in [-0.05, 0) is 86.1 Å². The number of ether oxygens (including phenoxy) is 2. The van der Waals surface area contributed by atoms with E-state index in [1.54, 1.807) is 29.3 Å². The lowest BCUT2D eigenvalue weighted by molar-refractivity contribution is 0.0608. The van der Waals surface area contributed by atoms with Crippen molar-refractivity contribution in [1.29, 1.82) is 0 Å². The maximum atomic E-state index is 12.6. The Balaban J connectivity index is 1.05. The van der Waals surface area contributed by atoms with Crippen molar-refractivity contribution in [3.05, 3.63) is 75.5 Å². The van der Waals surface area contributed by atoms with E-state index in [2.05, 4.69) is 38.5 Å². The molecule has 0 radical (unpaired) electrons. The standard InChI is InChI=1S/C27H31Cl2N5O3/c28-22-12-19(13-23(29)15-22)17-37-27(35)34-10-6-25(7-11-34)33-8-4-20(5-9-33)21-2-1-3-26(14-21)36-18-24-16-30-32-31-24/h1-3,12-16,20,25H,4-11,17-18H2,(H,30,31,32). The highest BCUT2D eigenvalue weighted by Gasteiger charge is 2.30. The number of benzene rings is 2. The zero-order valence-electron chi connectivity index (χ0n) is 20.6. The first-order valence-electron chi connectivity index (χ1n) is 12.7. The Morgan fingerprint density at radius 2 is 1.73 bits per heavy atom. The van der Waals surface area contributed by atoms with Crippen molar-refractivity contribution in [3.8, 4) is 5.75 Å². The zero-order valence-corrected chi connectivity index (χ0v) is 22.1. The number of rotatable bonds is 7. The number of halogens is 2. The molecule has 0 saturated carbocycles. The minimum absolute atomic E-state index is 0.166. The Morgan fingerprint density at radius 1 is 0.973 bits per heavy atom. The Labute approximate surface area is 226 Å². The fraction of sp³-hybridized carbons (Fsp3) is 0.444. The van der Waals surface area contributed by atoms with Crippen molar-refractivity contribution in [2.45, 2.75) is 50.9 Å². The highest BCUT2D eigenvalue weighted by molar-refractivity contribution is 6.34. The molecule has 3 aromatic rings. The molecule has 0 spiro atoms. The first kappa shape index (κ1) is 25.8. The average molecular weight is 544 g/mol. The molecule has 2 aromatic carbocycles. The van der Waals surface area contributed by atoms with Gasteiger partial charge in [-0.3, -0.25) is 5.10 Å². The number of H-pyrrole nitrogens is 1. The molecule has 3 heterocycles. The Bertz CT molecular complexity index is 1160. The second-order valence-corrected chi connectivity index (χ2v) is 10.6. The van der Waals surface area contributed by atoms with Gasteiger partial charge < -0.3 is 19.3 Å². The number of likely N-dealkylation sites (tertiary alicyclic amines) is 2.